The smallest absolute Gasteiger partial charge is 0.205 e. The second kappa shape index (κ2) is 4.60. The van der Waals surface area contributed by atoms with Crippen LogP contribution in [-0.2, 0) is 0 Å². The molecule has 1 aliphatic rings. The molecule has 0 unspecified atom stereocenters. The normalized spacial score (nSPS) is 16.8. The highest BCUT2D eigenvalue weighted by Crippen LogP contribution is 2.40. The van der Waals surface area contributed by atoms with Gasteiger partial charge in [-0.05, 0) is 25.3 Å². The van der Waals surface area contributed by atoms with E-state index in [1.54, 1.807) is 25.3 Å². The summed E-state index contributed by atoms with van der Waals surface area (Å²) >= 11 is 2.33. The van der Waals surface area contributed by atoms with Crippen LogP contribution in [0.5, 0.6) is 0 Å². The zero-order valence-corrected chi connectivity index (χ0v) is 12.5. The second-order valence-electron chi connectivity index (χ2n) is 4.80. The molecule has 2 aromatic rings. The Bertz CT molecular complexity index is 718. The molecule has 6 heteroatoms. The van der Waals surface area contributed by atoms with Gasteiger partial charge in [-0.2, -0.15) is 0 Å². The number of ketones is 2. The number of carbonyl (C=O) groups is 2. The van der Waals surface area contributed by atoms with Crippen LogP contribution < -0.4 is 0 Å². The maximum Gasteiger partial charge on any atom is 0.205 e. The predicted molar refractivity (Wildman–Crippen MR) is 76.8 cm³/mol. The van der Waals surface area contributed by atoms with Crippen molar-refractivity contribution in [1.82, 2.24) is 0 Å². The molecule has 0 spiro atoms. The first-order chi connectivity index (χ1) is 9.41. The molecule has 4 nitrogen and oxygen atoms in total. The molecule has 0 fully saturated rings. The zero-order chi connectivity index (χ0) is 14.6. The van der Waals surface area contributed by atoms with Crippen molar-refractivity contribution in [3.05, 3.63) is 42.8 Å². The van der Waals surface area contributed by atoms with Gasteiger partial charge in [0.15, 0.2) is 0 Å². The number of aliphatic hydroxyl groups is 2. The largest absolute Gasteiger partial charge is 0.389 e. The Hall–Kier alpha value is -1.34. The van der Waals surface area contributed by atoms with Gasteiger partial charge in [0.25, 0.3) is 0 Å². The summed E-state index contributed by atoms with van der Waals surface area (Å²) in [5, 5.41) is 21.0. The van der Waals surface area contributed by atoms with Crippen LogP contribution in [0.15, 0.2) is 11.4 Å². The minimum Gasteiger partial charge on any atom is -0.389 e. The van der Waals surface area contributed by atoms with E-state index in [0.717, 1.165) is 11.3 Å². The van der Waals surface area contributed by atoms with Crippen LogP contribution in [0.3, 0.4) is 0 Å². The van der Waals surface area contributed by atoms with Crippen molar-refractivity contribution in [2.75, 3.05) is 0 Å². The fourth-order valence-corrected chi connectivity index (χ4v) is 4.41. The first-order valence-corrected chi connectivity index (χ1v) is 7.82. The van der Waals surface area contributed by atoms with E-state index in [0.29, 0.717) is 31.3 Å². The molecule has 104 valence electrons. The summed E-state index contributed by atoms with van der Waals surface area (Å²) in [6, 6.07) is 1.59. The van der Waals surface area contributed by atoms with E-state index in [1.165, 1.54) is 11.3 Å². The van der Waals surface area contributed by atoms with Gasteiger partial charge in [0, 0.05) is 16.0 Å². The minimum atomic E-state index is -0.788. The third-order valence-electron chi connectivity index (χ3n) is 3.32. The number of fused-ring (bicyclic) bond motifs is 2. The van der Waals surface area contributed by atoms with E-state index < -0.39 is 12.2 Å². The predicted octanol–water partition coefficient (Wildman–Crippen LogP) is 2.69. The number of hydrogen-bond donors (Lipinski definition) is 2. The van der Waals surface area contributed by atoms with Gasteiger partial charge in [-0.25, -0.2) is 0 Å². The lowest BCUT2D eigenvalue weighted by molar-refractivity contribution is 0.0982. The highest BCUT2D eigenvalue weighted by molar-refractivity contribution is 7.16. The molecule has 0 radical (unpaired) electrons. The molecule has 0 saturated heterocycles. The zero-order valence-electron chi connectivity index (χ0n) is 10.8. The second-order valence-corrected chi connectivity index (χ2v) is 6.76. The highest BCUT2D eigenvalue weighted by Gasteiger charge is 2.36. The van der Waals surface area contributed by atoms with Gasteiger partial charge in [0.2, 0.25) is 11.6 Å². The number of carbonyl (C=O) groups excluding carboxylic acids is 2. The Kier molecular flexibility index (Phi) is 3.13. The molecule has 0 saturated carbocycles. The first kappa shape index (κ1) is 13.6. The summed E-state index contributed by atoms with van der Waals surface area (Å²) in [4.78, 5) is 26.3. The molecular weight excluding hydrogens is 296 g/mol. The number of rotatable bonds is 2. The molecule has 2 aromatic heterocycles. The van der Waals surface area contributed by atoms with E-state index in [2.05, 4.69) is 0 Å². The number of thiophene rings is 2. The summed E-state index contributed by atoms with van der Waals surface area (Å²) in [6.45, 7) is 3.18. The Balaban J connectivity index is 2.21. The Morgan fingerprint density at radius 2 is 1.75 bits per heavy atom. The van der Waals surface area contributed by atoms with Crippen LogP contribution in [0.1, 0.15) is 67.0 Å². The van der Waals surface area contributed by atoms with Gasteiger partial charge < -0.3 is 10.2 Å². The van der Waals surface area contributed by atoms with Crippen LogP contribution in [0.25, 0.3) is 0 Å². The average molecular weight is 308 g/mol. The third-order valence-corrected chi connectivity index (χ3v) is 5.62. The van der Waals surface area contributed by atoms with Crippen molar-refractivity contribution in [2.24, 2.45) is 0 Å². The molecule has 2 N–H and O–H groups in total. The van der Waals surface area contributed by atoms with Gasteiger partial charge in [0.05, 0.1) is 27.5 Å². The maximum absolute atomic E-state index is 12.5. The van der Waals surface area contributed by atoms with Crippen LogP contribution >= 0.6 is 22.7 Å². The SMILES string of the molecule is C[C@@H](O)c1cc2c(s1)C(=O)c1c([C@@H](C)O)csc1C2=O. The fourth-order valence-electron chi connectivity index (χ4n) is 2.27. The molecule has 20 heavy (non-hydrogen) atoms. The Morgan fingerprint density at radius 1 is 1.05 bits per heavy atom. The lowest BCUT2D eigenvalue weighted by atomic mass is 9.91. The van der Waals surface area contributed by atoms with Gasteiger partial charge in [-0.1, -0.05) is 0 Å². The van der Waals surface area contributed by atoms with Crippen molar-refractivity contribution < 1.29 is 19.8 Å². The van der Waals surface area contributed by atoms with Gasteiger partial charge in [0.1, 0.15) is 0 Å². The molecule has 0 aliphatic heterocycles. The van der Waals surface area contributed by atoms with Crippen LogP contribution in [0, 0.1) is 0 Å². The lowest BCUT2D eigenvalue weighted by Crippen LogP contribution is -2.18. The molecular formula is C14H12O4S2. The first-order valence-electron chi connectivity index (χ1n) is 6.12. The van der Waals surface area contributed by atoms with Gasteiger partial charge in [-0.15, -0.1) is 22.7 Å². The van der Waals surface area contributed by atoms with Crippen molar-refractivity contribution >= 4 is 34.2 Å². The molecule has 0 bridgehead atoms. The van der Waals surface area contributed by atoms with Gasteiger partial charge >= 0.3 is 0 Å². The highest BCUT2D eigenvalue weighted by atomic mass is 32.1. The van der Waals surface area contributed by atoms with E-state index in [1.807, 2.05) is 0 Å². The summed E-state index contributed by atoms with van der Waals surface area (Å²) < 4.78 is 0. The topological polar surface area (TPSA) is 74.6 Å². The Labute approximate surface area is 123 Å². The quantitative estimate of drug-likeness (QED) is 0.763. The fraction of sp³-hybridized carbons (Fsp3) is 0.286. The van der Waals surface area contributed by atoms with E-state index in [9.17, 15) is 19.8 Å². The summed E-state index contributed by atoms with van der Waals surface area (Å²) in [5.41, 5.74) is 1.19. The van der Waals surface area contributed by atoms with E-state index in [4.69, 9.17) is 0 Å². The van der Waals surface area contributed by atoms with Crippen molar-refractivity contribution in [3.63, 3.8) is 0 Å². The molecule has 2 heterocycles. The minimum absolute atomic E-state index is 0.199. The van der Waals surface area contributed by atoms with Crippen LogP contribution in [0.4, 0.5) is 0 Å². The number of hydrogen-bond acceptors (Lipinski definition) is 6. The van der Waals surface area contributed by atoms with Crippen LogP contribution in [0.2, 0.25) is 0 Å². The average Bonchev–Trinajstić information content (AvgIpc) is 3.00. The lowest BCUT2D eigenvalue weighted by Gasteiger charge is -2.12. The molecule has 0 amide bonds. The van der Waals surface area contributed by atoms with Gasteiger partial charge in [-0.3, -0.25) is 9.59 Å². The maximum atomic E-state index is 12.5. The number of aliphatic hydroxyl groups excluding tert-OH is 2. The van der Waals surface area contributed by atoms with Crippen molar-refractivity contribution in [2.45, 2.75) is 26.1 Å². The molecule has 2 atom stereocenters. The van der Waals surface area contributed by atoms with Crippen molar-refractivity contribution in [1.29, 1.82) is 0 Å². The van der Waals surface area contributed by atoms with E-state index >= 15 is 0 Å². The standard InChI is InChI=1S/C14H12O4S2/c1-5(15)8-4-19-14-10(8)12(18)13-7(11(14)17)3-9(20-13)6(2)16/h3-6,15-16H,1-2H3/t5-,6-/m1/s1. The van der Waals surface area contributed by atoms with Crippen LogP contribution in [-0.4, -0.2) is 21.8 Å². The van der Waals surface area contributed by atoms with Crippen molar-refractivity contribution in [3.8, 4) is 0 Å². The monoisotopic (exact) mass is 308 g/mol. The molecule has 3 rings (SSSR count). The summed E-state index contributed by atoms with van der Waals surface area (Å²) in [7, 11) is 0. The molecule has 1 aliphatic carbocycles. The summed E-state index contributed by atoms with van der Waals surface area (Å²) in [6.07, 6.45) is -1.50. The third kappa shape index (κ3) is 1.80. The van der Waals surface area contributed by atoms with E-state index in [-0.39, 0.29) is 11.6 Å². The molecule has 0 aromatic carbocycles. The summed E-state index contributed by atoms with van der Waals surface area (Å²) in [5.74, 6) is -0.432. The Morgan fingerprint density at radius 3 is 2.35 bits per heavy atom.